The summed E-state index contributed by atoms with van der Waals surface area (Å²) >= 11 is 0. The van der Waals surface area contributed by atoms with Gasteiger partial charge in [0.15, 0.2) is 9.84 Å². The van der Waals surface area contributed by atoms with Gasteiger partial charge >= 0.3 is 0 Å². The molecule has 0 saturated heterocycles. The molecule has 0 heterocycles. The molecule has 1 N–H and O–H groups in total. The number of hydrogen-bond acceptors (Lipinski definition) is 3. The smallest absolute Gasteiger partial charge is 0.154 e. The molecular weight excluding hydrogens is 222 g/mol. The normalized spacial score (nSPS) is 14.1. The van der Waals surface area contributed by atoms with Gasteiger partial charge in [-0.3, -0.25) is 0 Å². The molecule has 4 heteroatoms. The zero-order valence-electron chi connectivity index (χ0n) is 10.9. The molecule has 0 aliphatic rings. The summed E-state index contributed by atoms with van der Waals surface area (Å²) < 4.78 is 22.7. The lowest BCUT2D eigenvalue weighted by molar-refractivity contribution is 0.398. The van der Waals surface area contributed by atoms with Gasteiger partial charge in [-0.15, -0.1) is 11.8 Å². The Balaban J connectivity index is 4.80. The van der Waals surface area contributed by atoms with Crippen LogP contribution >= 0.6 is 0 Å². The number of nitrogens with one attached hydrogen (secondary N) is 1. The molecule has 0 aliphatic heterocycles. The molecule has 0 spiro atoms. The summed E-state index contributed by atoms with van der Waals surface area (Å²) in [6, 6.07) is -0.0478. The van der Waals surface area contributed by atoms with Crippen LogP contribution in [0.15, 0.2) is 0 Å². The molecule has 1 unspecified atom stereocenters. The maximum Gasteiger partial charge on any atom is 0.154 e. The van der Waals surface area contributed by atoms with Crippen LogP contribution in [-0.2, 0) is 9.84 Å². The first-order valence-electron chi connectivity index (χ1n) is 5.60. The zero-order valence-corrected chi connectivity index (χ0v) is 11.7. The van der Waals surface area contributed by atoms with Crippen molar-refractivity contribution >= 4 is 9.84 Å². The molecule has 3 nitrogen and oxygen atoms in total. The molecule has 0 aromatic heterocycles. The third-order valence-electron chi connectivity index (χ3n) is 2.98. The molecule has 0 aliphatic carbocycles. The van der Waals surface area contributed by atoms with Gasteiger partial charge in [0, 0.05) is 18.7 Å². The van der Waals surface area contributed by atoms with Gasteiger partial charge in [-0.2, -0.15) is 0 Å². The van der Waals surface area contributed by atoms with Gasteiger partial charge in [0.25, 0.3) is 0 Å². The van der Waals surface area contributed by atoms with Crippen LogP contribution in [0.3, 0.4) is 0 Å². The summed E-state index contributed by atoms with van der Waals surface area (Å²) in [4.78, 5) is 0. The van der Waals surface area contributed by atoms with Gasteiger partial charge < -0.3 is 5.32 Å². The van der Waals surface area contributed by atoms with Crippen LogP contribution in [0.25, 0.3) is 0 Å². The van der Waals surface area contributed by atoms with E-state index in [2.05, 4.69) is 17.2 Å². The minimum absolute atomic E-state index is 0.0478. The van der Waals surface area contributed by atoms with E-state index in [0.29, 0.717) is 0 Å². The summed E-state index contributed by atoms with van der Waals surface area (Å²) in [7, 11) is -3.07. The van der Waals surface area contributed by atoms with Crippen LogP contribution < -0.4 is 5.32 Å². The van der Waals surface area contributed by atoms with Crippen LogP contribution in [0.2, 0.25) is 0 Å². The third kappa shape index (κ3) is 4.15. The molecule has 1 atom stereocenters. The average Bonchev–Trinajstić information content (AvgIpc) is 2.15. The molecule has 0 aromatic carbocycles. The molecule has 94 valence electrons. The molecule has 0 radical (unpaired) electrons. The predicted molar refractivity (Wildman–Crippen MR) is 69.1 cm³/mol. The maximum atomic E-state index is 11.7. The van der Waals surface area contributed by atoms with E-state index in [0.717, 1.165) is 19.4 Å². The van der Waals surface area contributed by atoms with E-state index in [4.69, 9.17) is 0 Å². The van der Waals surface area contributed by atoms with Crippen molar-refractivity contribution in [3.05, 3.63) is 0 Å². The lowest BCUT2D eigenvalue weighted by Crippen LogP contribution is -2.51. The van der Waals surface area contributed by atoms with Crippen LogP contribution in [0.1, 0.15) is 40.5 Å². The van der Waals surface area contributed by atoms with E-state index in [-0.39, 0.29) is 6.04 Å². The molecule has 0 saturated carbocycles. The predicted octanol–water partition coefficient (Wildman–Crippen LogP) is 1.59. The molecule has 0 bridgehead atoms. The van der Waals surface area contributed by atoms with E-state index in [1.165, 1.54) is 6.26 Å². The van der Waals surface area contributed by atoms with Crippen molar-refractivity contribution in [2.24, 2.45) is 0 Å². The molecule has 0 amide bonds. The van der Waals surface area contributed by atoms with Gasteiger partial charge in [-0.25, -0.2) is 8.42 Å². The topological polar surface area (TPSA) is 46.2 Å². The van der Waals surface area contributed by atoms with E-state index in [1.54, 1.807) is 20.8 Å². The lowest BCUT2D eigenvalue weighted by atomic mass is 9.98. The minimum Gasteiger partial charge on any atom is -0.313 e. The van der Waals surface area contributed by atoms with Crippen LogP contribution in [-0.4, -0.2) is 32.0 Å². The summed E-state index contributed by atoms with van der Waals surface area (Å²) in [6.07, 6.45) is 2.78. The molecule has 0 rings (SSSR count). The minimum atomic E-state index is -3.07. The first-order valence-corrected chi connectivity index (χ1v) is 7.49. The number of sulfone groups is 1. The van der Waals surface area contributed by atoms with Gasteiger partial charge in [0.2, 0.25) is 0 Å². The van der Waals surface area contributed by atoms with Crippen molar-refractivity contribution in [2.45, 2.75) is 51.3 Å². The van der Waals surface area contributed by atoms with Crippen molar-refractivity contribution in [3.8, 4) is 11.8 Å². The highest BCUT2D eigenvalue weighted by atomic mass is 32.2. The summed E-state index contributed by atoms with van der Waals surface area (Å²) in [5.74, 6) is 5.80. The van der Waals surface area contributed by atoms with Crippen molar-refractivity contribution in [1.82, 2.24) is 5.32 Å². The summed E-state index contributed by atoms with van der Waals surface area (Å²) in [5, 5.41) is 3.24. The molecular formula is C12H23NO2S. The second-order valence-corrected chi connectivity index (χ2v) is 7.05. The van der Waals surface area contributed by atoms with Gasteiger partial charge in [0.1, 0.15) is 0 Å². The second-order valence-electron chi connectivity index (χ2n) is 4.45. The number of rotatable bonds is 6. The Hall–Kier alpha value is -0.530. The molecule has 16 heavy (non-hydrogen) atoms. The van der Waals surface area contributed by atoms with Crippen LogP contribution in [0.5, 0.6) is 0 Å². The van der Waals surface area contributed by atoms with Crippen LogP contribution in [0.4, 0.5) is 0 Å². The monoisotopic (exact) mass is 245 g/mol. The largest absolute Gasteiger partial charge is 0.313 e. The first kappa shape index (κ1) is 15.5. The molecule has 0 fully saturated rings. The Morgan fingerprint density at radius 3 is 2.31 bits per heavy atom. The third-order valence-corrected chi connectivity index (χ3v) is 5.18. The fraction of sp³-hybridized carbons (Fsp3) is 0.833. The SMILES string of the molecule is CC#CCCC(NCC)C(C)(C)S(C)(=O)=O. The Morgan fingerprint density at radius 1 is 1.38 bits per heavy atom. The maximum absolute atomic E-state index is 11.7. The Labute approximate surface area is 99.9 Å². The Bertz CT molecular complexity index is 360. The standard InChI is InChI=1S/C12H23NO2S/c1-6-8-9-10-11(13-7-2)12(3,4)16(5,14)15/h11,13H,7,9-10H2,1-5H3. The average molecular weight is 245 g/mol. The zero-order chi connectivity index (χ0) is 12.8. The van der Waals surface area contributed by atoms with Gasteiger partial charge in [-0.1, -0.05) is 6.92 Å². The number of hydrogen-bond donors (Lipinski definition) is 1. The summed E-state index contributed by atoms with van der Waals surface area (Å²) in [6.45, 7) is 8.09. The first-order chi connectivity index (χ1) is 7.27. The van der Waals surface area contributed by atoms with Crippen molar-refractivity contribution < 1.29 is 8.42 Å². The van der Waals surface area contributed by atoms with Crippen molar-refractivity contribution in [3.63, 3.8) is 0 Å². The van der Waals surface area contributed by atoms with Gasteiger partial charge in [0.05, 0.1) is 4.75 Å². The quantitative estimate of drug-likeness (QED) is 0.723. The fourth-order valence-corrected chi connectivity index (χ4v) is 2.26. The Morgan fingerprint density at radius 2 is 1.94 bits per heavy atom. The van der Waals surface area contributed by atoms with Crippen molar-refractivity contribution in [2.75, 3.05) is 12.8 Å². The van der Waals surface area contributed by atoms with Gasteiger partial charge in [-0.05, 0) is 33.7 Å². The second kappa shape index (κ2) is 6.27. The Kier molecular flexibility index (Phi) is 6.06. The summed E-state index contributed by atoms with van der Waals surface area (Å²) in [5.41, 5.74) is 0. The van der Waals surface area contributed by atoms with E-state index >= 15 is 0 Å². The highest BCUT2D eigenvalue weighted by molar-refractivity contribution is 7.92. The van der Waals surface area contributed by atoms with Crippen molar-refractivity contribution in [1.29, 1.82) is 0 Å². The van der Waals surface area contributed by atoms with E-state index in [9.17, 15) is 8.42 Å². The van der Waals surface area contributed by atoms with E-state index < -0.39 is 14.6 Å². The molecule has 0 aromatic rings. The lowest BCUT2D eigenvalue weighted by Gasteiger charge is -2.33. The highest BCUT2D eigenvalue weighted by Gasteiger charge is 2.37. The van der Waals surface area contributed by atoms with Crippen LogP contribution in [0, 0.1) is 11.8 Å². The van der Waals surface area contributed by atoms with E-state index in [1.807, 2.05) is 6.92 Å². The highest BCUT2D eigenvalue weighted by Crippen LogP contribution is 2.23. The fourth-order valence-electron chi connectivity index (χ4n) is 1.54.